The van der Waals surface area contributed by atoms with Gasteiger partial charge in [-0.25, -0.2) is 17.6 Å². The number of nitrogens with one attached hydrogen (secondary N) is 2. The fourth-order valence-corrected chi connectivity index (χ4v) is 1.49. The van der Waals surface area contributed by atoms with E-state index in [0.29, 0.717) is 0 Å². The predicted molar refractivity (Wildman–Crippen MR) is 65.7 cm³/mol. The van der Waals surface area contributed by atoms with Gasteiger partial charge in [0.2, 0.25) is 0 Å². The zero-order valence-electron chi connectivity index (χ0n) is 12.7. The monoisotopic (exact) mass is 401 g/mol. The molecule has 0 aliphatic carbocycles. The average Bonchev–Trinajstić information content (AvgIpc) is 2.52. The van der Waals surface area contributed by atoms with Crippen molar-refractivity contribution in [3.05, 3.63) is 0 Å². The number of hydrogen-bond donors (Lipinski definition) is 2. The van der Waals surface area contributed by atoms with E-state index in [1.165, 1.54) is 5.32 Å². The van der Waals surface area contributed by atoms with Crippen molar-refractivity contribution in [2.45, 2.75) is 50.0 Å². The Kier molecular flexibility index (Phi) is 8.73. The Morgan fingerprint density at radius 1 is 0.846 bits per heavy atom. The van der Waals surface area contributed by atoms with Crippen molar-refractivity contribution in [2.24, 2.45) is 0 Å². The molecule has 1 atom stereocenters. The summed E-state index contributed by atoms with van der Waals surface area (Å²) >= 11 is 0. The van der Waals surface area contributed by atoms with E-state index in [4.69, 9.17) is 0 Å². The number of carboxylic acids is 1. The summed E-state index contributed by atoms with van der Waals surface area (Å²) in [5.74, 6) is -17.0. The molecule has 0 aliphatic heterocycles. The Bertz CT molecular complexity index is 515. The van der Waals surface area contributed by atoms with E-state index in [9.17, 15) is 54.6 Å². The molecule has 26 heavy (non-hydrogen) atoms. The molecular formula is C12H13F8N2O4-. The predicted octanol–water partition coefficient (Wildman–Crippen LogP) is 0.308. The first kappa shape index (κ1) is 23.9. The van der Waals surface area contributed by atoms with E-state index in [2.05, 4.69) is 0 Å². The maximum atomic E-state index is 12.7. The van der Waals surface area contributed by atoms with Gasteiger partial charge in [-0.3, -0.25) is 9.59 Å². The number of amides is 2. The fraction of sp³-hybridized carbons (Fsp3) is 0.750. The topological polar surface area (TPSA) is 98.3 Å². The first-order valence-electron chi connectivity index (χ1n) is 6.86. The lowest BCUT2D eigenvalue weighted by atomic mass is 10.1. The molecule has 0 heterocycles. The van der Waals surface area contributed by atoms with E-state index >= 15 is 0 Å². The maximum absolute atomic E-state index is 12.7. The van der Waals surface area contributed by atoms with Crippen LogP contribution >= 0.6 is 0 Å². The molecule has 0 bridgehead atoms. The summed E-state index contributed by atoms with van der Waals surface area (Å²) in [6, 6.07) is -2.09. The summed E-state index contributed by atoms with van der Waals surface area (Å²) < 4.78 is 98.3. The molecule has 0 fully saturated rings. The van der Waals surface area contributed by atoms with Gasteiger partial charge in [-0.15, -0.1) is 0 Å². The molecular weight excluding hydrogens is 388 g/mol. The number of carboxylic acid groups (broad SMARTS) is 1. The molecule has 1 unspecified atom stereocenters. The largest absolute Gasteiger partial charge is 0.548 e. The second-order valence-electron chi connectivity index (χ2n) is 4.94. The van der Waals surface area contributed by atoms with Crippen molar-refractivity contribution in [3.63, 3.8) is 0 Å². The molecule has 0 aromatic heterocycles. The minimum atomic E-state index is -5.14. The van der Waals surface area contributed by atoms with Crippen LogP contribution in [0.25, 0.3) is 0 Å². The highest BCUT2D eigenvalue weighted by atomic mass is 19.3. The quantitative estimate of drug-likeness (QED) is 0.385. The van der Waals surface area contributed by atoms with Crippen LogP contribution in [0.1, 0.15) is 19.3 Å². The smallest absolute Gasteiger partial charge is 0.383 e. The van der Waals surface area contributed by atoms with Crippen LogP contribution in [0, 0.1) is 0 Å². The van der Waals surface area contributed by atoms with E-state index < -0.39 is 61.5 Å². The molecule has 0 saturated carbocycles. The number of hydrogen-bond acceptors (Lipinski definition) is 4. The molecule has 6 nitrogen and oxygen atoms in total. The van der Waals surface area contributed by atoms with Gasteiger partial charge in [-0.1, -0.05) is 0 Å². The standard InChI is InChI=1S/C12H14F8N2O4/c13-7(14)11(17,18)9(25)21-4-2-1-3-5(6(23)24)22-10(26)12(19,20)8(15)16/h5,7-8H,1-4H2,(H,21,25)(H,22,26)(H,23,24)/p-1. The molecule has 0 saturated heterocycles. The third-order valence-electron chi connectivity index (χ3n) is 2.95. The molecule has 0 spiro atoms. The number of aliphatic carboxylic acids is 1. The van der Waals surface area contributed by atoms with Crippen LogP contribution in [-0.2, 0) is 14.4 Å². The van der Waals surface area contributed by atoms with Gasteiger partial charge in [-0.2, -0.15) is 17.6 Å². The van der Waals surface area contributed by atoms with Crippen LogP contribution in [-0.4, -0.2) is 55.1 Å². The van der Waals surface area contributed by atoms with Crippen molar-refractivity contribution < 1.29 is 54.6 Å². The van der Waals surface area contributed by atoms with E-state index in [0.717, 1.165) is 5.32 Å². The molecule has 152 valence electrons. The Hall–Kier alpha value is -2.15. The van der Waals surface area contributed by atoms with Gasteiger partial charge in [0.15, 0.2) is 0 Å². The molecule has 2 N–H and O–H groups in total. The molecule has 0 aromatic rings. The minimum Gasteiger partial charge on any atom is -0.548 e. The Morgan fingerprint density at radius 2 is 1.31 bits per heavy atom. The minimum absolute atomic E-state index is 0.268. The maximum Gasteiger partial charge on any atom is 0.383 e. The molecule has 0 radical (unpaired) electrons. The number of halogens is 8. The summed E-state index contributed by atoms with van der Waals surface area (Å²) in [4.78, 5) is 32.4. The van der Waals surface area contributed by atoms with Crippen LogP contribution < -0.4 is 15.7 Å². The lowest BCUT2D eigenvalue weighted by Crippen LogP contribution is -2.54. The van der Waals surface area contributed by atoms with Crippen molar-refractivity contribution >= 4 is 17.8 Å². The van der Waals surface area contributed by atoms with Crippen LogP contribution in [0.4, 0.5) is 35.1 Å². The molecule has 2 amide bonds. The van der Waals surface area contributed by atoms with E-state index in [1.54, 1.807) is 0 Å². The van der Waals surface area contributed by atoms with Gasteiger partial charge >= 0.3 is 24.7 Å². The SMILES string of the molecule is O=C([O-])C(CCCCNC(=O)C(F)(F)C(F)F)NC(=O)C(F)(F)C(F)F. The van der Waals surface area contributed by atoms with Crippen molar-refractivity contribution in [1.29, 1.82) is 0 Å². The number of rotatable bonds is 11. The molecule has 0 aromatic carbocycles. The summed E-state index contributed by atoms with van der Waals surface area (Å²) in [7, 11) is 0. The van der Waals surface area contributed by atoms with Gasteiger partial charge in [0.1, 0.15) is 0 Å². The molecule has 14 heteroatoms. The fourth-order valence-electron chi connectivity index (χ4n) is 1.49. The Morgan fingerprint density at radius 3 is 1.73 bits per heavy atom. The summed E-state index contributed by atoms with van der Waals surface area (Å²) in [6.45, 7) is -0.595. The summed E-state index contributed by atoms with van der Waals surface area (Å²) in [6.07, 6.45) is -9.81. The lowest BCUT2D eigenvalue weighted by molar-refractivity contribution is -0.308. The van der Waals surface area contributed by atoms with Crippen molar-refractivity contribution in [3.8, 4) is 0 Å². The van der Waals surface area contributed by atoms with Gasteiger partial charge in [0.05, 0.1) is 12.0 Å². The van der Waals surface area contributed by atoms with Crippen LogP contribution in [0.5, 0.6) is 0 Å². The lowest BCUT2D eigenvalue weighted by Gasteiger charge is -2.23. The Labute approximate surface area is 140 Å². The first-order valence-corrected chi connectivity index (χ1v) is 6.86. The van der Waals surface area contributed by atoms with Gasteiger partial charge in [-0.05, 0) is 19.3 Å². The molecule has 0 rings (SSSR count). The van der Waals surface area contributed by atoms with Gasteiger partial charge in [0, 0.05) is 6.54 Å². The van der Waals surface area contributed by atoms with Crippen molar-refractivity contribution in [2.75, 3.05) is 6.54 Å². The third kappa shape index (κ3) is 6.63. The van der Waals surface area contributed by atoms with Gasteiger partial charge in [0.25, 0.3) is 11.8 Å². The third-order valence-corrected chi connectivity index (χ3v) is 2.95. The van der Waals surface area contributed by atoms with Crippen LogP contribution in [0.2, 0.25) is 0 Å². The first-order chi connectivity index (χ1) is 11.7. The number of carbonyl (C=O) groups is 3. The summed E-state index contributed by atoms with van der Waals surface area (Å²) in [5.41, 5.74) is 0. The van der Waals surface area contributed by atoms with Crippen molar-refractivity contribution in [1.82, 2.24) is 10.6 Å². The zero-order chi connectivity index (χ0) is 20.7. The second-order valence-corrected chi connectivity index (χ2v) is 4.94. The Balaban J connectivity index is 4.43. The van der Waals surface area contributed by atoms with Gasteiger partial charge < -0.3 is 20.5 Å². The highest BCUT2D eigenvalue weighted by molar-refractivity contribution is 5.87. The summed E-state index contributed by atoms with van der Waals surface area (Å²) in [5, 5.41) is 13.3. The second kappa shape index (κ2) is 9.52. The zero-order valence-corrected chi connectivity index (χ0v) is 12.7. The van der Waals surface area contributed by atoms with E-state index in [-0.39, 0.29) is 12.8 Å². The number of alkyl halides is 8. The van der Waals surface area contributed by atoms with E-state index in [1.807, 2.05) is 0 Å². The number of unbranched alkanes of at least 4 members (excludes halogenated alkanes) is 1. The highest BCUT2D eigenvalue weighted by Gasteiger charge is 2.50. The van der Waals surface area contributed by atoms with Crippen LogP contribution in [0.15, 0.2) is 0 Å². The highest BCUT2D eigenvalue weighted by Crippen LogP contribution is 2.24. The number of carbonyl (C=O) groups excluding carboxylic acids is 3. The van der Waals surface area contributed by atoms with Crippen LogP contribution in [0.3, 0.4) is 0 Å². The molecule has 0 aliphatic rings. The normalized spacial score (nSPS) is 13.6. The average molecular weight is 401 g/mol.